The number of imidazole rings is 1. The minimum Gasteiger partial charge on any atom is -0.356 e. The zero-order valence-corrected chi connectivity index (χ0v) is 23.9. The number of aromatic amines is 1. The molecule has 2 aromatic rings. The fraction of sp³-hybridized carbons (Fsp3) is 0.500. The number of hydrogen-bond acceptors (Lipinski definition) is 7. The van der Waals surface area contributed by atoms with E-state index in [0.717, 1.165) is 0 Å². The van der Waals surface area contributed by atoms with Gasteiger partial charge in [0.25, 0.3) is 0 Å². The van der Waals surface area contributed by atoms with Gasteiger partial charge in [-0.05, 0) is 31.7 Å². The van der Waals surface area contributed by atoms with E-state index in [2.05, 4.69) is 41.9 Å². The first-order valence-corrected chi connectivity index (χ1v) is 13.8. The van der Waals surface area contributed by atoms with Crippen molar-refractivity contribution < 1.29 is 24.0 Å². The summed E-state index contributed by atoms with van der Waals surface area (Å²) in [4.78, 5) is 73.3. The molecule has 222 valence electrons. The number of carbonyl (C=O) groups is 5. The predicted octanol–water partition coefficient (Wildman–Crippen LogP) is 0.500. The third kappa shape index (κ3) is 8.53. The van der Waals surface area contributed by atoms with Crippen molar-refractivity contribution in [1.29, 1.82) is 0 Å². The molecule has 13 heteroatoms. The van der Waals surface area contributed by atoms with Gasteiger partial charge in [-0.2, -0.15) is 0 Å². The highest BCUT2D eigenvalue weighted by Gasteiger charge is 2.38. The van der Waals surface area contributed by atoms with Gasteiger partial charge in [0.1, 0.15) is 23.7 Å². The van der Waals surface area contributed by atoms with E-state index in [4.69, 9.17) is 0 Å². The Morgan fingerprint density at radius 3 is 2.37 bits per heavy atom. The Morgan fingerprint density at radius 1 is 1.02 bits per heavy atom. The lowest BCUT2D eigenvalue weighted by Crippen LogP contribution is -2.63. The maximum atomic E-state index is 13.7. The second-order valence-corrected chi connectivity index (χ2v) is 10.5. The number of carbonyl (C=O) groups excluding carboxylic acids is 5. The van der Waals surface area contributed by atoms with E-state index in [1.165, 1.54) is 0 Å². The number of hydrogen-bond donors (Lipinski definition) is 7. The van der Waals surface area contributed by atoms with Crippen LogP contribution in [0.15, 0.2) is 42.7 Å². The van der Waals surface area contributed by atoms with Gasteiger partial charge >= 0.3 is 0 Å². The van der Waals surface area contributed by atoms with E-state index < -0.39 is 53.2 Å². The predicted molar refractivity (Wildman–Crippen MR) is 152 cm³/mol. The van der Waals surface area contributed by atoms with Gasteiger partial charge < -0.3 is 36.9 Å². The van der Waals surface area contributed by atoms with Crippen LogP contribution in [0.2, 0.25) is 0 Å². The Kier molecular flexibility index (Phi) is 10.8. The molecule has 5 amide bonds. The Balaban J connectivity index is 1.93. The molecule has 13 nitrogen and oxygen atoms in total. The van der Waals surface area contributed by atoms with Crippen LogP contribution in [0.25, 0.3) is 0 Å². The number of benzene rings is 1. The molecule has 0 aliphatic carbocycles. The average Bonchev–Trinajstić information content (AvgIpc) is 3.47. The summed E-state index contributed by atoms with van der Waals surface area (Å²) in [5, 5.41) is 16.9. The van der Waals surface area contributed by atoms with E-state index in [0.29, 0.717) is 11.5 Å². The Hall–Kier alpha value is -4.42. The van der Waals surface area contributed by atoms with Crippen LogP contribution in [0, 0.1) is 5.92 Å². The zero-order valence-electron chi connectivity index (χ0n) is 23.9. The minimum absolute atomic E-state index is 0.0223. The summed E-state index contributed by atoms with van der Waals surface area (Å²) in [5.74, 6) is -2.43. The van der Waals surface area contributed by atoms with Gasteiger partial charge in [-0.3, -0.25) is 24.0 Å². The van der Waals surface area contributed by atoms with E-state index in [9.17, 15) is 24.0 Å². The molecule has 3 rings (SSSR count). The van der Waals surface area contributed by atoms with E-state index >= 15 is 0 Å². The number of nitrogens with one attached hydrogen (secondary N) is 7. The van der Waals surface area contributed by atoms with E-state index in [1.54, 1.807) is 70.4 Å². The first-order valence-electron chi connectivity index (χ1n) is 13.8. The summed E-state index contributed by atoms with van der Waals surface area (Å²) >= 11 is 0. The maximum absolute atomic E-state index is 13.7. The molecule has 1 aromatic carbocycles. The van der Waals surface area contributed by atoms with Crippen molar-refractivity contribution in [3.8, 4) is 0 Å². The highest BCUT2D eigenvalue weighted by Crippen LogP contribution is 2.16. The molecule has 1 fully saturated rings. The van der Waals surface area contributed by atoms with Gasteiger partial charge in [0.05, 0.1) is 0 Å². The zero-order chi connectivity index (χ0) is 30.0. The molecule has 1 saturated heterocycles. The van der Waals surface area contributed by atoms with Crippen molar-refractivity contribution in [1.82, 2.24) is 36.6 Å². The molecule has 2 heterocycles. The van der Waals surface area contributed by atoms with Crippen LogP contribution in [0.5, 0.6) is 0 Å². The van der Waals surface area contributed by atoms with Crippen molar-refractivity contribution in [3.05, 3.63) is 48.3 Å². The monoisotopic (exact) mass is 568 g/mol. The summed E-state index contributed by atoms with van der Waals surface area (Å²) in [5.41, 5.74) is -0.886. The summed E-state index contributed by atoms with van der Waals surface area (Å²) in [6.45, 7) is 6.99. The van der Waals surface area contributed by atoms with Gasteiger partial charge in [-0.25, -0.2) is 4.98 Å². The minimum atomic E-state index is -1.44. The first-order chi connectivity index (χ1) is 19.5. The van der Waals surface area contributed by atoms with Crippen molar-refractivity contribution >= 4 is 35.5 Å². The highest BCUT2D eigenvalue weighted by molar-refractivity contribution is 5.97. The molecule has 1 aliphatic rings. The molecule has 0 spiro atoms. The van der Waals surface area contributed by atoms with Crippen molar-refractivity contribution in [2.45, 2.75) is 70.6 Å². The van der Waals surface area contributed by atoms with Crippen LogP contribution < -0.4 is 31.9 Å². The fourth-order valence-electron chi connectivity index (χ4n) is 4.28. The van der Waals surface area contributed by atoms with Crippen molar-refractivity contribution in [2.24, 2.45) is 5.92 Å². The van der Waals surface area contributed by atoms with Crippen LogP contribution in [-0.2, 0) is 24.0 Å². The number of nitrogens with zero attached hydrogens (tertiary/aromatic N) is 1. The lowest BCUT2D eigenvalue weighted by molar-refractivity contribution is -0.138. The smallest absolute Gasteiger partial charge is 0.247 e. The number of anilines is 1. The van der Waals surface area contributed by atoms with Crippen molar-refractivity contribution in [2.75, 3.05) is 18.4 Å². The number of rotatable bonds is 8. The molecule has 7 N–H and O–H groups in total. The molecule has 0 bridgehead atoms. The van der Waals surface area contributed by atoms with E-state index in [-0.39, 0.29) is 38.3 Å². The third-order valence-corrected chi connectivity index (χ3v) is 6.92. The molecule has 1 aliphatic heterocycles. The van der Waals surface area contributed by atoms with Crippen LogP contribution in [-0.4, -0.2) is 70.2 Å². The van der Waals surface area contributed by atoms with Crippen LogP contribution >= 0.6 is 0 Å². The first kappa shape index (κ1) is 31.1. The van der Waals surface area contributed by atoms with Gasteiger partial charge in [0, 0.05) is 31.4 Å². The van der Waals surface area contributed by atoms with Gasteiger partial charge in [-0.1, -0.05) is 51.1 Å². The highest BCUT2D eigenvalue weighted by atomic mass is 16.2. The Bertz CT molecular complexity index is 1200. The molecular formula is C28H40N8O5. The number of amides is 5. The Labute approximate surface area is 239 Å². The maximum Gasteiger partial charge on any atom is 0.247 e. The number of aromatic nitrogens is 2. The molecule has 4 atom stereocenters. The molecule has 0 unspecified atom stereocenters. The molecule has 0 saturated carbocycles. The number of H-pyrrole nitrogens is 1. The van der Waals surface area contributed by atoms with Crippen LogP contribution in [0.4, 0.5) is 5.95 Å². The molecule has 41 heavy (non-hydrogen) atoms. The SMILES string of the molecule is CC[C@@H]1NC(=O)[C@H](CCNc2ncc[nH]2)NC(=O)[C@](C)(NC(=O)C(C)C)CCNC(=O)[C@@H](c2ccccc2)NC1=O. The van der Waals surface area contributed by atoms with Gasteiger partial charge in [0.15, 0.2) is 5.95 Å². The van der Waals surface area contributed by atoms with Crippen LogP contribution in [0.3, 0.4) is 0 Å². The lowest BCUT2D eigenvalue weighted by atomic mass is 9.94. The third-order valence-electron chi connectivity index (χ3n) is 6.92. The summed E-state index contributed by atoms with van der Waals surface area (Å²) < 4.78 is 0. The molecular weight excluding hydrogens is 528 g/mol. The quantitative estimate of drug-likeness (QED) is 0.242. The second-order valence-electron chi connectivity index (χ2n) is 10.5. The molecule has 0 radical (unpaired) electrons. The van der Waals surface area contributed by atoms with Crippen LogP contribution in [0.1, 0.15) is 58.6 Å². The van der Waals surface area contributed by atoms with Gasteiger partial charge in [0.2, 0.25) is 29.5 Å². The topological polar surface area (TPSA) is 186 Å². The summed E-state index contributed by atoms with van der Waals surface area (Å²) in [6, 6.07) is 5.71. The standard InChI is InChI=1S/C28H40N8O5/c1-5-19-23(38)35-21(18-9-7-6-8-10-18)25(40)29-14-12-28(4,36-22(37)17(2)3)26(41)34-20(24(39)33-19)11-13-30-27-31-15-16-32-27/h6-10,15-17,19-21H,5,11-14H2,1-4H3,(H,29,40)(H,33,39)(H,34,41)(H,35,38)(H,36,37)(H2,30,31,32)/t19-,20-,21+,28+/m0/s1. The van der Waals surface area contributed by atoms with E-state index in [1.807, 2.05) is 0 Å². The Morgan fingerprint density at radius 2 is 1.73 bits per heavy atom. The largest absolute Gasteiger partial charge is 0.356 e. The fourth-order valence-corrected chi connectivity index (χ4v) is 4.28. The van der Waals surface area contributed by atoms with Gasteiger partial charge in [-0.15, -0.1) is 0 Å². The summed E-state index contributed by atoms with van der Waals surface area (Å²) in [7, 11) is 0. The molecule has 1 aromatic heterocycles. The summed E-state index contributed by atoms with van der Waals surface area (Å²) in [6.07, 6.45) is 3.66. The van der Waals surface area contributed by atoms with Crippen molar-refractivity contribution in [3.63, 3.8) is 0 Å². The lowest BCUT2D eigenvalue weighted by Gasteiger charge is -2.33. The normalized spacial score (nSPS) is 24.4. The average molecular weight is 569 g/mol. The second kappa shape index (κ2) is 14.3.